The van der Waals surface area contributed by atoms with Crippen LogP contribution in [0.2, 0.25) is 0 Å². The summed E-state index contributed by atoms with van der Waals surface area (Å²) in [5, 5.41) is 8.58. The Morgan fingerprint density at radius 3 is 2.60 bits per heavy atom. The van der Waals surface area contributed by atoms with Crippen LogP contribution in [0.1, 0.15) is 44.0 Å². The van der Waals surface area contributed by atoms with Crippen molar-refractivity contribution in [2.24, 2.45) is 11.8 Å². The third kappa shape index (κ3) is 3.81. The van der Waals surface area contributed by atoms with Gasteiger partial charge in [-0.3, -0.25) is 5.41 Å². The molecule has 1 saturated heterocycles. The second kappa shape index (κ2) is 7.21. The molecule has 0 aliphatic carbocycles. The number of nitrogens with one attached hydrogen (secondary N) is 1. The van der Waals surface area contributed by atoms with Gasteiger partial charge in [0.1, 0.15) is 12.1 Å². The van der Waals surface area contributed by atoms with Gasteiger partial charge in [0, 0.05) is 30.4 Å². The molecule has 5 nitrogen and oxygen atoms in total. The predicted octanol–water partition coefficient (Wildman–Crippen LogP) is 3.52. The molecule has 2 heterocycles. The van der Waals surface area contributed by atoms with Crippen LogP contribution in [0.25, 0.3) is 0 Å². The van der Waals surface area contributed by atoms with Gasteiger partial charge in [-0.05, 0) is 42.4 Å². The molecule has 1 aromatic heterocycles. The number of aromatic nitrogens is 2. The Morgan fingerprint density at radius 2 is 1.92 bits per heavy atom. The summed E-state index contributed by atoms with van der Waals surface area (Å²) in [4.78, 5) is 11.1. The molecule has 1 aromatic carbocycles. The van der Waals surface area contributed by atoms with Crippen molar-refractivity contribution in [3.05, 3.63) is 47.4 Å². The first-order valence-electron chi connectivity index (χ1n) is 9.02. The van der Waals surface area contributed by atoms with Crippen LogP contribution >= 0.6 is 0 Å². The van der Waals surface area contributed by atoms with Crippen molar-refractivity contribution in [2.45, 2.75) is 33.6 Å². The Kier molecular flexibility index (Phi) is 5.02. The molecule has 5 heteroatoms. The van der Waals surface area contributed by atoms with E-state index in [0.717, 1.165) is 30.9 Å². The summed E-state index contributed by atoms with van der Waals surface area (Å²) in [7, 11) is 0. The highest BCUT2D eigenvalue weighted by Crippen LogP contribution is 2.26. The number of nitrogens with two attached hydrogens (primary N) is 1. The van der Waals surface area contributed by atoms with Gasteiger partial charge in [-0.2, -0.15) is 0 Å². The molecule has 1 aliphatic heterocycles. The lowest BCUT2D eigenvalue weighted by Crippen LogP contribution is -2.39. The quantitative estimate of drug-likeness (QED) is 0.661. The Balaban J connectivity index is 1.90. The molecule has 3 N–H and O–H groups in total. The fourth-order valence-corrected chi connectivity index (χ4v) is 3.68. The summed E-state index contributed by atoms with van der Waals surface area (Å²) in [6.45, 7) is 8.66. The largest absolute Gasteiger partial charge is 0.398 e. The van der Waals surface area contributed by atoms with E-state index in [4.69, 9.17) is 11.1 Å². The van der Waals surface area contributed by atoms with Gasteiger partial charge < -0.3 is 10.6 Å². The maximum Gasteiger partial charge on any atom is 0.132 e. The van der Waals surface area contributed by atoms with Crippen molar-refractivity contribution < 1.29 is 0 Å². The van der Waals surface area contributed by atoms with Crippen molar-refractivity contribution in [1.29, 1.82) is 5.41 Å². The summed E-state index contributed by atoms with van der Waals surface area (Å²) >= 11 is 0. The topological polar surface area (TPSA) is 78.9 Å². The summed E-state index contributed by atoms with van der Waals surface area (Å²) in [5.41, 5.74) is 9.60. The van der Waals surface area contributed by atoms with Crippen LogP contribution in [0, 0.1) is 17.2 Å². The number of nitrogen functional groups attached to an aromatic ring is 1. The molecule has 0 amide bonds. The van der Waals surface area contributed by atoms with Gasteiger partial charge in [-0.15, -0.1) is 0 Å². The minimum atomic E-state index is 0.356. The average Bonchev–Trinajstić information content (AvgIpc) is 2.61. The molecule has 0 bridgehead atoms. The number of aryl methyl sites for hydroxylation is 1. The molecule has 2 atom stereocenters. The van der Waals surface area contributed by atoms with E-state index in [1.165, 1.54) is 12.0 Å². The number of anilines is 2. The third-order valence-corrected chi connectivity index (χ3v) is 4.90. The predicted molar refractivity (Wildman–Crippen MR) is 103 cm³/mol. The van der Waals surface area contributed by atoms with Crippen molar-refractivity contribution in [3.63, 3.8) is 0 Å². The molecule has 3 rings (SSSR count). The lowest BCUT2D eigenvalue weighted by molar-refractivity contribution is 0.355. The summed E-state index contributed by atoms with van der Waals surface area (Å²) < 4.78 is 0. The molecule has 1 fully saturated rings. The second-order valence-corrected chi connectivity index (χ2v) is 7.26. The Labute approximate surface area is 149 Å². The second-order valence-electron chi connectivity index (χ2n) is 7.26. The van der Waals surface area contributed by atoms with E-state index >= 15 is 0 Å². The lowest BCUT2D eigenvalue weighted by atomic mass is 9.92. The van der Waals surface area contributed by atoms with Gasteiger partial charge in [-0.1, -0.05) is 26.8 Å². The first-order valence-corrected chi connectivity index (χ1v) is 9.02. The minimum Gasteiger partial charge on any atom is -0.398 e. The molecule has 0 saturated carbocycles. The van der Waals surface area contributed by atoms with E-state index in [9.17, 15) is 0 Å². The maximum atomic E-state index is 8.58. The van der Waals surface area contributed by atoms with E-state index in [1.807, 2.05) is 24.3 Å². The average molecular weight is 337 g/mol. The molecule has 1 aliphatic rings. The Hall–Kier alpha value is -2.43. The molecular formula is C20H27N5. The van der Waals surface area contributed by atoms with Gasteiger partial charge in [0.05, 0.1) is 11.4 Å². The number of piperidine rings is 1. The van der Waals surface area contributed by atoms with Crippen LogP contribution in [0.5, 0.6) is 0 Å². The molecular weight excluding hydrogens is 310 g/mol. The highest BCUT2D eigenvalue weighted by Gasteiger charge is 2.23. The first-order chi connectivity index (χ1) is 12.0. The van der Waals surface area contributed by atoms with Crippen LogP contribution in [0.15, 0.2) is 30.6 Å². The third-order valence-electron chi connectivity index (χ3n) is 4.90. The van der Waals surface area contributed by atoms with Crippen LogP contribution in [0.3, 0.4) is 0 Å². The van der Waals surface area contributed by atoms with Gasteiger partial charge >= 0.3 is 0 Å². The molecule has 25 heavy (non-hydrogen) atoms. The minimum absolute atomic E-state index is 0.356. The van der Waals surface area contributed by atoms with E-state index < -0.39 is 0 Å². The molecule has 132 valence electrons. The number of nitrogens with zero attached hydrogens (tertiary/aromatic N) is 3. The highest BCUT2D eigenvalue weighted by molar-refractivity contribution is 6.13. The summed E-state index contributed by atoms with van der Waals surface area (Å²) in [5.74, 6) is 2.20. The van der Waals surface area contributed by atoms with E-state index in [-0.39, 0.29) is 0 Å². The number of rotatable bonds is 4. The molecule has 0 spiro atoms. The standard InChI is InChI=1S/C20H27N5/c1-4-15-5-6-17(21)16(8-15)20(22)18-9-19(24-12-23-18)25-10-13(2)7-14(3)11-25/h5-6,8-9,12-14,22H,4,7,10-11,21H2,1-3H3. The van der Waals surface area contributed by atoms with E-state index in [2.05, 4.69) is 35.6 Å². The highest BCUT2D eigenvalue weighted by atomic mass is 15.2. The smallest absolute Gasteiger partial charge is 0.132 e. The zero-order valence-electron chi connectivity index (χ0n) is 15.3. The Morgan fingerprint density at radius 1 is 1.20 bits per heavy atom. The van der Waals surface area contributed by atoms with Gasteiger partial charge in [-0.25, -0.2) is 9.97 Å². The van der Waals surface area contributed by atoms with Crippen molar-refractivity contribution in [3.8, 4) is 0 Å². The van der Waals surface area contributed by atoms with E-state index in [1.54, 1.807) is 6.33 Å². The number of hydrogen-bond donors (Lipinski definition) is 2. The fourth-order valence-electron chi connectivity index (χ4n) is 3.68. The van der Waals surface area contributed by atoms with Crippen molar-refractivity contribution in [2.75, 3.05) is 23.7 Å². The number of hydrogen-bond acceptors (Lipinski definition) is 5. The van der Waals surface area contributed by atoms with Gasteiger partial charge in [0.2, 0.25) is 0 Å². The zero-order valence-corrected chi connectivity index (χ0v) is 15.3. The van der Waals surface area contributed by atoms with Crippen LogP contribution in [-0.2, 0) is 6.42 Å². The number of benzene rings is 1. The van der Waals surface area contributed by atoms with Crippen molar-refractivity contribution in [1.82, 2.24) is 9.97 Å². The lowest BCUT2D eigenvalue weighted by Gasteiger charge is -2.35. The normalized spacial score (nSPS) is 20.5. The molecule has 0 radical (unpaired) electrons. The zero-order chi connectivity index (χ0) is 18.0. The van der Waals surface area contributed by atoms with Crippen LogP contribution < -0.4 is 10.6 Å². The summed E-state index contributed by atoms with van der Waals surface area (Å²) in [6.07, 6.45) is 3.73. The van der Waals surface area contributed by atoms with E-state index in [0.29, 0.717) is 28.9 Å². The maximum absolute atomic E-state index is 8.58. The monoisotopic (exact) mass is 337 g/mol. The summed E-state index contributed by atoms with van der Waals surface area (Å²) in [6, 6.07) is 7.79. The fraction of sp³-hybridized carbons (Fsp3) is 0.450. The molecule has 2 aromatic rings. The van der Waals surface area contributed by atoms with Crippen molar-refractivity contribution >= 4 is 17.2 Å². The van der Waals surface area contributed by atoms with Gasteiger partial charge in [0.15, 0.2) is 0 Å². The SMILES string of the molecule is CCc1ccc(N)c(C(=N)c2cc(N3CC(C)CC(C)C3)ncn2)c1. The van der Waals surface area contributed by atoms with Gasteiger partial charge in [0.25, 0.3) is 0 Å². The van der Waals surface area contributed by atoms with Crippen LogP contribution in [-0.4, -0.2) is 28.8 Å². The first kappa shape index (κ1) is 17.4. The molecule has 2 unspecified atom stereocenters. The Bertz CT molecular complexity index is 760. The van der Waals surface area contributed by atoms with Crippen LogP contribution in [0.4, 0.5) is 11.5 Å².